The Hall–Kier alpha value is -1.31. The van der Waals surface area contributed by atoms with Gasteiger partial charge in [-0.15, -0.1) is 0 Å². The predicted molar refractivity (Wildman–Crippen MR) is 47.6 cm³/mol. The van der Waals surface area contributed by atoms with Crippen LogP contribution in [-0.4, -0.2) is 10.2 Å². The Labute approximate surface area is 66.7 Å². The molecule has 2 heteroatoms. The number of aromatic amines is 1. The molecule has 0 spiro atoms. The zero-order valence-electron chi connectivity index (χ0n) is 6.46. The van der Waals surface area contributed by atoms with Gasteiger partial charge in [0, 0.05) is 6.81 Å². The third kappa shape index (κ3) is 1.00. The van der Waals surface area contributed by atoms with Crippen molar-refractivity contribution in [3.05, 3.63) is 30.0 Å². The van der Waals surface area contributed by atoms with Gasteiger partial charge in [-0.3, -0.25) is 5.10 Å². The smallest absolute Gasteiger partial charge is 0.0653 e. The molecule has 2 aromatic rings. The predicted octanol–water partition coefficient (Wildman–Crippen LogP) is 2.37. The van der Waals surface area contributed by atoms with Gasteiger partial charge >= 0.3 is 0 Å². The molecular weight excluding hydrogens is 136 g/mol. The number of aromatic nitrogens is 2. The number of hydrogen-bond donors (Lipinski definition) is 1. The second kappa shape index (κ2) is 2.38. The van der Waals surface area contributed by atoms with Crippen molar-refractivity contribution in [1.82, 2.24) is 10.2 Å². The van der Waals surface area contributed by atoms with E-state index in [9.17, 15) is 0 Å². The van der Waals surface area contributed by atoms with E-state index in [1.807, 2.05) is 6.20 Å². The lowest BCUT2D eigenvalue weighted by molar-refractivity contribution is 1.11. The molecule has 0 bridgehead atoms. The number of nitrogens with zero attached hydrogens (tertiary/aromatic N) is 1. The molecule has 0 radical (unpaired) electrons. The van der Waals surface area contributed by atoms with Crippen LogP contribution in [0.25, 0.3) is 10.9 Å². The quantitative estimate of drug-likeness (QED) is 0.660. The maximum atomic E-state index is 3.95. The molecule has 1 aromatic carbocycles. The van der Waals surface area contributed by atoms with Crippen molar-refractivity contribution in [2.45, 2.75) is 13.3 Å². The van der Waals surface area contributed by atoms with Gasteiger partial charge in [-0.05, 0) is 18.1 Å². The van der Waals surface area contributed by atoms with E-state index in [4.69, 9.17) is 0 Å². The summed E-state index contributed by atoms with van der Waals surface area (Å²) in [5.74, 6) is 0. The highest BCUT2D eigenvalue weighted by Gasteiger charge is 1.94. The van der Waals surface area contributed by atoms with Gasteiger partial charge in [-0.25, -0.2) is 0 Å². The Morgan fingerprint density at radius 3 is 3.27 bits per heavy atom. The number of benzene rings is 1. The highest BCUT2D eigenvalue weighted by Crippen LogP contribution is 2.12. The van der Waals surface area contributed by atoms with E-state index < -0.39 is 0 Å². The van der Waals surface area contributed by atoms with E-state index in [2.05, 4.69) is 35.3 Å². The van der Waals surface area contributed by atoms with Crippen molar-refractivity contribution < 1.29 is 1.43 Å². The van der Waals surface area contributed by atoms with Crippen molar-refractivity contribution in [2.24, 2.45) is 0 Å². The van der Waals surface area contributed by atoms with Crippen LogP contribution in [0.3, 0.4) is 0 Å². The molecule has 0 aliphatic rings. The Morgan fingerprint density at radius 2 is 2.45 bits per heavy atom. The van der Waals surface area contributed by atoms with E-state index in [-0.39, 0.29) is 1.43 Å². The standard InChI is InChI=1S/C9H10N2.H2/c1-2-7-3-4-8-6-10-11-9(8)5-7;/h3-6H,2H2,1H3,(H,10,11);1H. The van der Waals surface area contributed by atoms with Crippen molar-refractivity contribution >= 4 is 10.9 Å². The van der Waals surface area contributed by atoms with Gasteiger partial charge in [0.1, 0.15) is 0 Å². The molecule has 1 N–H and O–H groups in total. The average Bonchev–Trinajstić information content (AvgIpc) is 2.50. The van der Waals surface area contributed by atoms with E-state index in [0.717, 1.165) is 11.9 Å². The summed E-state index contributed by atoms with van der Waals surface area (Å²) >= 11 is 0. The van der Waals surface area contributed by atoms with Crippen molar-refractivity contribution in [1.29, 1.82) is 0 Å². The molecule has 58 valence electrons. The molecule has 0 atom stereocenters. The Morgan fingerprint density at radius 1 is 1.55 bits per heavy atom. The molecule has 2 rings (SSSR count). The second-order valence-electron chi connectivity index (χ2n) is 2.65. The number of fused-ring (bicyclic) bond motifs is 1. The summed E-state index contributed by atoms with van der Waals surface area (Å²) in [5.41, 5.74) is 2.48. The molecule has 0 aliphatic carbocycles. The molecule has 0 fully saturated rings. The van der Waals surface area contributed by atoms with E-state index >= 15 is 0 Å². The first-order chi connectivity index (χ1) is 5.40. The zero-order valence-corrected chi connectivity index (χ0v) is 6.46. The molecule has 2 nitrogen and oxygen atoms in total. The number of aryl methyl sites for hydroxylation is 1. The maximum Gasteiger partial charge on any atom is 0.0653 e. The summed E-state index contributed by atoms with van der Waals surface area (Å²) in [4.78, 5) is 0. The van der Waals surface area contributed by atoms with Crippen LogP contribution in [0.2, 0.25) is 0 Å². The van der Waals surface area contributed by atoms with Crippen LogP contribution in [0.4, 0.5) is 0 Å². The molecular formula is C9H12N2. The zero-order chi connectivity index (χ0) is 7.68. The monoisotopic (exact) mass is 148 g/mol. The van der Waals surface area contributed by atoms with Crippen molar-refractivity contribution in [3.63, 3.8) is 0 Å². The summed E-state index contributed by atoms with van der Waals surface area (Å²) in [6.07, 6.45) is 2.92. The number of hydrogen-bond acceptors (Lipinski definition) is 1. The summed E-state index contributed by atoms with van der Waals surface area (Å²) in [5, 5.41) is 8.08. The minimum atomic E-state index is 0. The fourth-order valence-corrected chi connectivity index (χ4v) is 1.20. The molecule has 1 heterocycles. The van der Waals surface area contributed by atoms with E-state index in [0.29, 0.717) is 0 Å². The highest BCUT2D eigenvalue weighted by molar-refractivity contribution is 5.78. The largest absolute Gasteiger partial charge is 0.278 e. The fourth-order valence-electron chi connectivity index (χ4n) is 1.20. The molecule has 0 unspecified atom stereocenters. The maximum absolute atomic E-state index is 3.95. The van der Waals surface area contributed by atoms with Gasteiger partial charge in [0.2, 0.25) is 0 Å². The third-order valence-corrected chi connectivity index (χ3v) is 1.91. The lowest BCUT2D eigenvalue weighted by Crippen LogP contribution is -1.78. The van der Waals surface area contributed by atoms with Crippen LogP contribution in [0.1, 0.15) is 13.9 Å². The Balaban J connectivity index is 0.000000720. The van der Waals surface area contributed by atoms with Crippen molar-refractivity contribution in [2.75, 3.05) is 0 Å². The van der Waals surface area contributed by atoms with Crippen molar-refractivity contribution in [3.8, 4) is 0 Å². The number of rotatable bonds is 1. The highest BCUT2D eigenvalue weighted by atomic mass is 15.1. The second-order valence-corrected chi connectivity index (χ2v) is 2.65. The van der Waals surface area contributed by atoms with Gasteiger partial charge in [0.05, 0.1) is 11.7 Å². The summed E-state index contributed by atoms with van der Waals surface area (Å²) in [6.45, 7) is 2.15. The Bertz CT molecular complexity index is 367. The first kappa shape index (κ1) is 6.40. The lowest BCUT2D eigenvalue weighted by Gasteiger charge is -1.93. The molecule has 11 heavy (non-hydrogen) atoms. The van der Waals surface area contributed by atoms with Gasteiger partial charge in [-0.2, -0.15) is 5.10 Å². The van der Waals surface area contributed by atoms with Gasteiger partial charge in [0.15, 0.2) is 0 Å². The molecule has 1 aromatic heterocycles. The molecule has 0 aliphatic heterocycles. The first-order valence-electron chi connectivity index (χ1n) is 3.82. The van der Waals surface area contributed by atoms with Crippen LogP contribution in [-0.2, 0) is 6.42 Å². The molecule has 0 saturated heterocycles. The van der Waals surface area contributed by atoms with Crippen LogP contribution < -0.4 is 0 Å². The lowest BCUT2D eigenvalue weighted by atomic mass is 10.1. The SMILES string of the molecule is CCc1ccc2cn[nH]c2c1.[HH]. The summed E-state index contributed by atoms with van der Waals surface area (Å²) < 4.78 is 0. The van der Waals surface area contributed by atoms with Gasteiger partial charge in [0.25, 0.3) is 0 Å². The van der Waals surface area contributed by atoms with Crippen LogP contribution >= 0.6 is 0 Å². The minimum Gasteiger partial charge on any atom is -0.278 e. The van der Waals surface area contributed by atoms with Gasteiger partial charge in [-0.1, -0.05) is 19.1 Å². The summed E-state index contributed by atoms with van der Waals surface area (Å²) in [7, 11) is 0. The topological polar surface area (TPSA) is 28.7 Å². The van der Waals surface area contributed by atoms with Crippen LogP contribution in [0, 0.1) is 0 Å². The third-order valence-electron chi connectivity index (χ3n) is 1.91. The minimum absolute atomic E-state index is 0. The van der Waals surface area contributed by atoms with Gasteiger partial charge < -0.3 is 0 Å². The van der Waals surface area contributed by atoms with E-state index in [1.54, 1.807) is 0 Å². The first-order valence-corrected chi connectivity index (χ1v) is 3.82. The van der Waals surface area contributed by atoms with Crippen LogP contribution in [0.5, 0.6) is 0 Å². The Kier molecular flexibility index (Phi) is 1.39. The normalized spacial score (nSPS) is 10.6. The molecule has 0 amide bonds. The van der Waals surface area contributed by atoms with E-state index in [1.165, 1.54) is 10.9 Å². The van der Waals surface area contributed by atoms with Crippen LogP contribution in [0.15, 0.2) is 24.4 Å². The number of H-pyrrole nitrogens is 1. The summed E-state index contributed by atoms with van der Waals surface area (Å²) in [6, 6.07) is 6.37. The molecule has 0 saturated carbocycles. The fraction of sp³-hybridized carbons (Fsp3) is 0.222. The number of nitrogens with one attached hydrogen (secondary N) is 1. The average molecular weight is 148 g/mol.